The Kier molecular flexibility index (Phi) is 5.16. The molecule has 2 rings (SSSR count). The molecule has 1 N–H and O–H groups in total. The van der Waals surface area contributed by atoms with Crippen molar-refractivity contribution >= 4 is 17.2 Å². The maximum atomic E-state index is 12.2. The third-order valence-electron chi connectivity index (χ3n) is 2.94. The van der Waals surface area contributed by atoms with Crippen molar-refractivity contribution < 1.29 is 14.3 Å². The molecule has 2 aromatic rings. The highest BCUT2D eigenvalue weighted by Gasteiger charge is 2.13. The number of benzene rings is 1. The summed E-state index contributed by atoms with van der Waals surface area (Å²) in [5.74, 6) is 0.987. The first-order valence-corrected chi connectivity index (χ1v) is 7.43. The van der Waals surface area contributed by atoms with Gasteiger partial charge in [0, 0.05) is 30.1 Å². The van der Waals surface area contributed by atoms with Crippen LogP contribution in [0.15, 0.2) is 23.6 Å². The summed E-state index contributed by atoms with van der Waals surface area (Å²) >= 11 is 1.61. The Bertz CT molecular complexity index is 625. The first kappa shape index (κ1) is 15.3. The number of hydrogen-bond donors (Lipinski definition) is 1. The molecule has 0 unspecified atom stereocenters. The van der Waals surface area contributed by atoms with Gasteiger partial charge >= 0.3 is 0 Å². The molecule has 1 aromatic carbocycles. The molecule has 0 spiro atoms. The second-order valence-corrected chi connectivity index (χ2v) is 5.40. The maximum Gasteiger partial charge on any atom is 0.255 e. The SMILES string of the molecule is COc1ccc(C(=O)NCCc2nc(C)cs2)c(OC)c1. The fraction of sp³-hybridized carbons (Fsp3) is 0.333. The van der Waals surface area contributed by atoms with E-state index in [1.807, 2.05) is 12.3 Å². The van der Waals surface area contributed by atoms with E-state index in [4.69, 9.17) is 9.47 Å². The van der Waals surface area contributed by atoms with E-state index >= 15 is 0 Å². The zero-order valence-corrected chi connectivity index (χ0v) is 13.1. The molecule has 6 heteroatoms. The summed E-state index contributed by atoms with van der Waals surface area (Å²) in [5.41, 5.74) is 1.51. The number of rotatable bonds is 6. The van der Waals surface area contributed by atoms with Gasteiger partial charge in [-0.15, -0.1) is 11.3 Å². The standard InChI is InChI=1S/C15H18N2O3S/c1-10-9-21-14(17-10)6-7-16-15(18)12-5-4-11(19-2)8-13(12)20-3/h4-5,8-9H,6-7H2,1-3H3,(H,16,18). The van der Waals surface area contributed by atoms with Gasteiger partial charge in [-0.1, -0.05) is 0 Å². The largest absolute Gasteiger partial charge is 0.497 e. The van der Waals surface area contributed by atoms with E-state index in [2.05, 4.69) is 10.3 Å². The molecule has 1 amide bonds. The molecule has 0 bridgehead atoms. The lowest BCUT2D eigenvalue weighted by atomic mass is 10.1. The normalized spacial score (nSPS) is 10.2. The Labute approximate surface area is 127 Å². The van der Waals surface area contributed by atoms with Gasteiger partial charge in [-0.2, -0.15) is 0 Å². The molecule has 112 valence electrons. The molecule has 5 nitrogen and oxygen atoms in total. The number of amides is 1. The van der Waals surface area contributed by atoms with Crippen LogP contribution < -0.4 is 14.8 Å². The van der Waals surface area contributed by atoms with E-state index in [9.17, 15) is 4.79 Å². The monoisotopic (exact) mass is 306 g/mol. The number of nitrogens with zero attached hydrogens (tertiary/aromatic N) is 1. The van der Waals surface area contributed by atoms with Crippen molar-refractivity contribution in [3.05, 3.63) is 39.8 Å². The van der Waals surface area contributed by atoms with Crippen molar-refractivity contribution in [1.29, 1.82) is 0 Å². The topological polar surface area (TPSA) is 60.5 Å². The number of thiazole rings is 1. The Morgan fingerprint density at radius 3 is 2.76 bits per heavy atom. The summed E-state index contributed by atoms with van der Waals surface area (Å²) < 4.78 is 10.3. The van der Waals surface area contributed by atoms with Crippen molar-refractivity contribution in [3.8, 4) is 11.5 Å². The number of aryl methyl sites for hydroxylation is 1. The summed E-state index contributed by atoms with van der Waals surface area (Å²) in [6, 6.07) is 5.13. The lowest BCUT2D eigenvalue weighted by Crippen LogP contribution is -2.26. The van der Waals surface area contributed by atoms with Gasteiger partial charge in [0.05, 0.1) is 24.8 Å². The van der Waals surface area contributed by atoms with Crippen LogP contribution in [0.2, 0.25) is 0 Å². The minimum Gasteiger partial charge on any atom is -0.497 e. The highest BCUT2D eigenvalue weighted by Crippen LogP contribution is 2.24. The summed E-state index contributed by atoms with van der Waals surface area (Å²) in [5, 5.41) is 5.90. The van der Waals surface area contributed by atoms with Gasteiger partial charge in [0.15, 0.2) is 0 Å². The quantitative estimate of drug-likeness (QED) is 0.890. The second-order valence-electron chi connectivity index (χ2n) is 4.45. The number of aromatic nitrogens is 1. The predicted octanol–water partition coefficient (Wildman–Crippen LogP) is 2.44. The van der Waals surface area contributed by atoms with E-state index in [1.165, 1.54) is 7.11 Å². The first-order chi connectivity index (χ1) is 10.1. The number of ether oxygens (including phenoxy) is 2. The highest BCUT2D eigenvalue weighted by atomic mass is 32.1. The lowest BCUT2D eigenvalue weighted by molar-refractivity contribution is 0.0951. The molecule has 1 heterocycles. The van der Waals surface area contributed by atoms with Crippen molar-refractivity contribution in [3.63, 3.8) is 0 Å². The van der Waals surface area contributed by atoms with Gasteiger partial charge in [0.25, 0.3) is 5.91 Å². The minimum absolute atomic E-state index is 0.164. The number of nitrogens with one attached hydrogen (secondary N) is 1. The molecule has 0 aliphatic heterocycles. The van der Waals surface area contributed by atoms with E-state index in [-0.39, 0.29) is 5.91 Å². The molecule has 21 heavy (non-hydrogen) atoms. The average molecular weight is 306 g/mol. The fourth-order valence-electron chi connectivity index (χ4n) is 1.88. The zero-order valence-electron chi connectivity index (χ0n) is 12.3. The molecule has 0 fully saturated rings. The molecular weight excluding hydrogens is 288 g/mol. The molecule has 1 aromatic heterocycles. The van der Waals surface area contributed by atoms with Crippen molar-refractivity contribution in [1.82, 2.24) is 10.3 Å². The summed E-state index contributed by atoms with van der Waals surface area (Å²) in [4.78, 5) is 16.5. The van der Waals surface area contributed by atoms with Gasteiger partial charge in [0.2, 0.25) is 0 Å². The Morgan fingerprint density at radius 1 is 1.33 bits per heavy atom. The number of hydrogen-bond acceptors (Lipinski definition) is 5. The third kappa shape index (κ3) is 3.95. The van der Waals surface area contributed by atoms with Crippen LogP contribution in [-0.4, -0.2) is 31.7 Å². The average Bonchev–Trinajstić information content (AvgIpc) is 2.91. The maximum absolute atomic E-state index is 12.2. The smallest absolute Gasteiger partial charge is 0.255 e. The lowest BCUT2D eigenvalue weighted by Gasteiger charge is -2.10. The Balaban J connectivity index is 1.96. The van der Waals surface area contributed by atoms with Crippen molar-refractivity contribution in [2.45, 2.75) is 13.3 Å². The van der Waals surface area contributed by atoms with Crippen molar-refractivity contribution in [2.24, 2.45) is 0 Å². The highest BCUT2D eigenvalue weighted by molar-refractivity contribution is 7.09. The number of methoxy groups -OCH3 is 2. The predicted molar refractivity (Wildman–Crippen MR) is 82.4 cm³/mol. The van der Waals surface area contributed by atoms with Gasteiger partial charge in [0.1, 0.15) is 11.5 Å². The minimum atomic E-state index is -0.164. The molecule has 0 aliphatic rings. The van der Waals surface area contributed by atoms with Crippen LogP contribution in [0.4, 0.5) is 0 Å². The molecule has 0 aliphatic carbocycles. The van der Waals surface area contributed by atoms with Crippen LogP contribution in [0.1, 0.15) is 21.1 Å². The Morgan fingerprint density at radius 2 is 2.14 bits per heavy atom. The summed E-state index contributed by atoms with van der Waals surface area (Å²) in [6.07, 6.45) is 0.725. The molecule has 0 saturated heterocycles. The van der Waals surface area contributed by atoms with Gasteiger partial charge < -0.3 is 14.8 Å². The van der Waals surface area contributed by atoms with Crippen LogP contribution >= 0.6 is 11.3 Å². The van der Waals surface area contributed by atoms with Gasteiger partial charge in [-0.05, 0) is 19.1 Å². The molecule has 0 atom stereocenters. The molecule has 0 saturated carbocycles. The number of carbonyl (C=O) groups excluding carboxylic acids is 1. The van der Waals surface area contributed by atoms with E-state index < -0.39 is 0 Å². The third-order valence-corrected chi connectivity index (χ3v) is 3.97. The first-order valence-electron chi connectivity index (χ1n) is 6.55. The van der Waals surface area contributed by atoms with E-state index in [0.717, 1.165) is 17.1 Å². The van der Waals surface area contributed by atoms with Crippen LogP contribution in [-0.2, 0) is 6.42 Å². The van der Waals surface area contributed by atoms with Crippen LogP contribution in [0.3, 0.4) is 0 Å². The zero-order chi connectivity index (χ0) is 15.2. The van der Waals surface area contributed by atoms with Crippen LogP contribution in [0.5, 0.6) is 11.5 Å². The van der Waals surface area contributed by atoms with Crippen molar-refractivity contribution in [2.75, 3.05) is 20.8 Å². The fourth-order valence-corrected chi connectivity index (χ4v) is 2.66. The molecular formula is C15H18N2O3S. The summed E-state index contributed by atoms with van der Waals surface area (Å²) in [7, 11) is 3.11. The second kappa shape index (κ2) is 7.08. The van der Waals surface area contributed by atoms with Crippen LogP contribution in [0.25, 0.3) is 0 Å². The van der Waals surface area contributed by atoms with Gasteiger partial charge in [-0.25, -0.2) is 4.98 Å². The van der Waals surface area contributed by atoms with Crippen LogP contribution in [0, 0.1) is 6.92 Å². The van der Waals surface area contributed by atoms with E-state index in [1.54, 1.807) is 36.6 Å². The molecule has 0 radical (unpaired) electrons. The van der Waals surface area contributed by atoms with Gasteiger partial charge in [-0.3, -0.25) is 4.79 Å². The Hall–Kier alpha value is -2.08. The number of carbonyl (C=O) groups is 1. The summed E-state index contributed by atoms with van der Waals surface area (Å²) in [6.45, 7) is 2.50. The van der Waals surface area contributed by atoms with E-state index in [0.29, 0.717) is 23.6 Å².